The van der Waals surface area contributed by atoms with Gasteiger partial charge >= 0.3 is 0 Å². The molecule has 1 unspecified atom stereocenters. The summed E-state index contributed by atoms with van der Waals surface area (Å²) in [6.45, 7) is 1.89. The van der Waals surface area contributed by atoms with Crippen molar-refractivity contribution in [1.29, 1.82) is 5.26 Å². The third-order valence-electron chi connectivity index (χ3n) is 3.99. The van der Waals surface area contributed by atoms with Crippen LogP contribution in [-0.2, 0) is 13.5 Å². The van der Waals surface area contributed by atoms with E-state index in [1.807, 2.05) is 36.1 Å². The number of nitrogens with zero attached hydrogens (tertiary/aromatic N) is 4. The van der Waals surface area contributed by atoms with E-state index in [0.29, 0.717) is 16.5 Å². The molecule has 3 rings (SSSR count). The highest BCUT2D eigenvalue weighted by Gasteiger charge is 2.26. The summed E-state index contributed by atoms with van der Waals surface area (Å²) in [4.78, 5) is 2.24. The summed E-state index contributed by atoms with van der Waals surface area (Å²) in [7, 11) is 1.94. The Morgan fingerprint density at radius 3 is 3.05 bits per heavy atom. The van der Waals surface area contributed by atoms with Crippen molar-refractivity contribution in [1.82, 2.24) is 9.78 Å². The van der Waals surface area contributed by atoms with Gasteiger partial charge in [0.05, 0.1) is 22.5 Å². The molecule has 2 heterocycles. The smallest absolute Gasteiger partial charge is 0.101 e. The molecule has 0 N–H and O–H groups in total. The number of para-hydroxylation sites is 1. The second kappa shape index (κ2) is 5.79. The Labute approximate surface area is 129 Å². The van der Waals surface area contributed by atoms with Crippen LogP contribution >= 0.6 is 11.6 Å². The van der Waals surface area contributed by atoms with Crippen LogP contribution < -0.4 is 4.90 Å². The van der Waals surface area contributed by atoms with Crippen LogP contribution in [0.1, 0.15) is 17.5 Å². The fraction of sp³-hybridized carbons (Fsp3) is 0.375. The number of hydrogen-bond donors (Lipinski definition) is 0. The maximum Gasteiger partial charge on any atom is 0.101 e. The highest BCUT2D eigenvalue weighted by atomic mass is 35.5. The van der Waals surface area contributed by atoms with Gasteiger partial charge in [0.25, 0.3) is 0 Å². The Bertz CT molecular complexity index is 686. The molecule has 0 saturated carbocycles. The fourth-order valence-electron chi connectivity index (χ4n) is 3.04. The van der Waals surface area contributed by atoms with Crippen molar-refractivity contribution >= 4 is 17.3 Å². The molecule has 108 valence electrons. The van der Waals surface area contributed by atoms with Crippen LogP contribution in [0.4, 0.5) is 5.69 Å². The van der Waals surface area contributed by atoms with Gasteiger partial charge in [0.15, 0.2) is 0 Å². The number of aromatic nitrogens is 2. The molecule has 2 aromatic rings. The highest BCUT2D eigenvalue weighted by Crippen LogP contribution is 2.34. The summed E-state index contributed by atoms with van der Waals surface area (Å²) in [6, 6.07) is 7.75. The first-order valence-corrected chi connectivity index (χ1v) is 7.46. The van der Waals surface area contributed by atoms with E-state index >= 15 is 0 Å². The molecule has 0 spiro atoms. The second-order valence-electron chi connectivity index (χ2n) is 5.57. The lowest BCUT2D eigenvalue weighted by Crippen LogP contribution is -2.21. The average Bonchev–Trinajstić information content (AvgIpc) is 3.08. The van der Waals surface area contributed by atoms with E-state index in [1.54, 1.807) is 0 Å². The van der Waals surface area contributed by atoms with E-state index in [0.717, 1.165) is 31.6 Å². The topological polar surface area (TPSA) is 44.9 Å². The van der Waals surface area contributed by atoms with Crippen molar-refractivity contribution in [2.24, 2.45) is 13.0 Å². The maximum atomic E-state index is 9.26. The number of nitriles is 1. The summed E-state index contributed by atoms with van der Waals surface area (Å²) in [5.41, 5.74) is 2.81. The SMILES string of the molecule is Cn1cc(CC2CCN(c3c(Cl)cccc3C#N)C2)cn1. The molecule has 1 atom stereocenters. The van der Waals surface area contributed by atoms with Gasteiger partial charge in [-0.25, -0.2) is 0 Å². The van der Waals surface area contributed by atoms with Crippen molar-refractivity contribution in [2.45, 2.75) is 12.8 Å². The highest BCUT2D eigenvalue weighted by molar-refractivity contribution is 6.33. The first kappa shape index (κ1) is 14.0. The molecule has 1 saturated heterocycles. The zero-order valence-corrected chi connectivity index (χ0v) is 12.7. The minimum Gasteiger partial charge on any atom is -0.369 e. The molecule has 0 radical (unpaired) electrons. The molecule has 1 aliphatic rings. The Morgan fingerprint density at radius 2 is 2.33 bits per heavy atom. The largest absolute Gasteiger partial charge is 0.369 e. The van der Waals surface area contributed by atoms with Crippen molar-refractivity contribution < 1.29 is 0 Å². The average molecular weight is 301 g/mol. The van der Waals surface area contributed by atoms with Gasteiger partial charge in [-0.3, -0.25) is 4.68 Å². The second-order valence-corrected chi connectivity index (χ2v) is 5.98. The summed E-state index contributed by atoms with van der Waals surface area (Å²) >= 11 is 6.29. The van der Waals surface area contributed by atoms with Crippen LogP contribution in [0.3, 0.4) is 0 Å². The minimum atomic E-state index is 0.581. The van der Waals surface area contributed by atoms with Crippen LogP contribution in [0, 0.1) is 17.2 Å². The molecule has 5 heteroatoms. The summed E-state index contributed by atoms with van der Waals surface area (Å²) in [5.74, 6) is 0.581. The molecule has 0 aliphatic carbocycles. The number of aryl methyl sites for hydroxylation is 1. The number of benzene rings is 1. The van der Waals surface area contributed by atoms with Crippen molar-refractivity contribution in [3.63, 3.8) is 0 Å². The Balaban J connectivity index is 1.74. The third-order valence-corrected chi connectivity index (χ3v) is 4.30. The van der Waals surface area contributed by atoms with E-state index in [1.165, 1.54) is 5.56 Å². The van der Waals surface area contributed by atoms with Crippen LogP contribution in [0.15, 0.2) is 30.6 Å². The zero-order valence-electron chi connectivity index (χ0n) is 12.0. The molecule has 0 bridgehead atoms. The molecular weight excluding hydrogens is 284 g/mol. The molecular formula is C16H17ClN4. The van der Waals surface area contributed by atoms with Gasteiger partial charge in [-0.2, -0.15) is 10.4 Å². The maximum absolute atomic E-state index is 9.26. The van der Waals surface area contributed by atoms with Crippen LogP contribution in [0.25, 0.3) is 0 Å². The number of hydrogen-bond acceptors (Lipinski definition) is 3. The van der Waals surface area contributed by atoms with Crippen LogP contribution in [-0.4, -0.2) is 22.9 Å². The van der Waals surface area contributed by atoms with Gasteiger partial charge in [-0.1, -0.05) is 17.7 Å². The zero-order chi connectivity index (χ0) is 14.8. The fourth-order valence-corrected chi connectivity index (χ4v) is 3.33. The van der Waals surface area contributed by atoms with Gasteiger partial charge in [-0.05, 0) is 36.5 Å². The van der Waals surface area contributed by atoms with Gasteiger partial charge < -0.3 is 4.90 Å². The Hall–Kier alpha value is -1.99. The molecule has 1 fully saturated rings. The molecule has 4 nitrogen and oxygen atoms in total. The molecule has 1 aliphatic heterocycles. The predicted molar refractivity (Wildman–Crippen MR) is 83.4 cm³/mol. The molecule has 1 aromatic heterocycles. The van der Waals surface area contributed by atoms with E-state index in [-0.39, 0.29) is 0 Å². The van der Waals surface area contributed by atoms with Gasteiger partial charge in [0, 0.05) is 26.3 Å². The summed E-state index contributed by atoms with van der Waals surface area (Å²) in [6.07, 6.45) is 6.14. The number of rotatable bonds is 3. The first-order valence-electron chi connectivity index (χ1n) is 7.08. The normalized spacial score (nSPS) is 18.0. The Morgan fingerprint density at radius 1 is 1.48 bits per heavy atom. The Kier molecular flexibility index (Phi) is 3.85. The van der Waals surface area contributed by atoms with E-state index < -0.39 is 0 Å². The summed E-state index contributed by atoms with van der Waals surface area (Å²) < 4.78 is 1.84. The molecule has 21 heavy (non-hydrogen) atoms. The summed E-state index contributed by atoms with van der Waals surface area (Å²) in [5, 5.41) is 14.1. The van der Waals surface area contributed by atoms with E-state index in [4.69, 9.17) is 11.6 Å². The van der Waals surface area contributed by atoms with Crippen molar-refractivity contribution in [3.8, 4) is 6.07 Å². The monoisotopic (exact) mass is 300 g/mol. The quantitative estimate of drug-likeness (QED) is 0.875. The molecule has 0 amide bonds. The van der Waals surface area contributed by atoms with Crippen molar-refractivity contribution in [2.75, 3.05) is 18.0 Å². The van der Waals surface area contributed by atoms with E-state index in [9.17, 15) is 5.26 Å². The van der Waals surface area contributed by atoms with Gasteiger partial charge in [-0.15, -0.1) is 0 Å². The number of anilines is 1. The standard InChI is InChI=1S/C16H17ClN4/c1-20-10-13(9-19-20)7-12-5-6-21(11-12)16-14(8-18)3-2-4-15(16)17/h2-4,9-10,12H,5-7,11H2,1H3. The lowest BCUT2D eigenvalue weighted by Gasteiger charge is -2.21. The first-order chi connectivity index (χ1) is 10.2. The van der Waals surface area contributed by atoms with Crippen LogP contribution in [0.2, 0.25) is 5.02 Å². The number of halogens is 1. The van der Waals surface area contributed by atoms with Crippen LogP contribution in [0.5, 0.6) is 0 Å². The van der Waals surface area contributed by atoms with Gasteiger partial charge in [0.1, 0.15) is 6.07 Å². The minimum absolute atomic E-state index is 0.581. The lowest BCUT2D eigenvalue weighted by atomic mass is 10.0. The van der Waals surface area contributed by atoms with Gasteiger partial charge in [0.2, 0.25) is 0 Å². The molecule has 1 aromatic carbocycles. The lowest BCUT2D eigenvalue weighted by molar-refractivity contribution is 0.586. The third kappa shape index (κ3) is 2.88. The predicted octanol–water partition coefficient (Wildman–Crippen LogP) is 3.01. The van der Waals surface area contributed by atoms with E-state index in [2.05, 4.69) is 22.3 Å². The van der Waals surface area contributed by atoms with Crippen molar-refractivity contribution in [3.05, 3.63) is 46.7 Å².